The summed E-state index contributed by atoms with van der Waals surface area (Å²) in [6, 6.07) is -1.05. The highest BCUT2D eigenvalue weighted by molar-refractivity contribution is 5.82. The molecule has 1 saturated carbocycles. The van der Waals surface area contributed by atoms with Crippen molar-refractivity contribution in [3.8, 4) is 0 Å². The van der Waals surface area contributed by atoms with Crippen LogP contribution in [0.15, 0.2) is 0 Å². The molecule has 1 fully saturated rings. The standard InChI is InChI=1S/C14H25N3O4/c1-9(2)8-11(13(19)20)17-14(21)15-7-3-4-12(18)16-10-5-6-10/h9-11H,3-8H2,1-2H3,(H,16,18)(H,19,20)(H2,15,17,21). The van der Waals surface area contributed by atoms with Crippen molar-refractivity contribution in [1.82, 2.24) is 16.0 Å². The second kappa shape index (κ2) is 8.49. The van der Waals surface area contributed by atoms with Crippen LogP contribution in [-0.2, 0) is 9.59 Å². The van der Waals surface area contributed by atoms with Gasteiger partial charge in [-0.3, -0.25) is 4.79 Å². The lowest BCUT2D eigenvalue weighted by atomic mass is 10.0. The van der Waals surface area contributed by atoms with E-state index in [0.717, 1.165) is 12.8 Å². The van der Waals surface area contributed by atoms with E-state index in [-0.39, 0.29) is 11.8 Å². The zero-order valence-electron chi connectivity index (χ0n) is 12.6. The topological polar surface area (TPSA) is 108 Å². The number of nitrogens with one attached hydrogen (secondary N) is 3. The lowest BCUT2D eigenvalue weighted by molar-refractivity contribution is -0.139. The Kier molecular flexibility index (Phi) is 6.98. The molecule has 0 radical (unpaired) electrons. The fraction of sp³-hybridized carbons (Fsp3) is 0.786. The number of hydrogen-bond acceptors (Lipinski definition) is 3. The van der Waals surface area contributed by atoms with Crippen molar-refractivity contribution in [2.24, 2.45) is 5.92 Å². The van der Waals surface area contributed by atoms with Crippen molar-refractivity contribution < 1.29 is 19.5 Å². The van der Waals surface area contributed by atoms with Crippen molar-refractivity contribution in [3.05, 3.63) is 0 Å². The van der Waals surface area contributed by atoms with Crippen molar-refractivity contribution >= 4 is 17.9 Å². The monoisotopic (exact) mass is 299 g/mol. The fourth-order valence-electron chi connectivity index (χ4n) is 1.88. The van der Waals surface area contributed by atoms with E-state index >= 15 is 0 Å². The minimum Gasteiger partial charge on any atom is -0.480 e. The van der Waals surface area contributed by atoms with Crippen molar-refractivity contribution in [2.45, 2.75) is 58.0 Å². The molecule has 0 aromatic heterocycles. The summed E-state index contributed by atoms with van der Waals surface area (Å²) in [6.07, 6.45) is 3.39. The van der Waals surface area contributed by atoms with E-state index in [0.29, 0.717) is 31.8 Å². The van der Waals surface area contributed by atoms with Gasteiger partial charge in [-0.1, -0.05) is 13.8 Å². The summed E-state index contributed by atoms with van der Waals surface area (Å²) in [6.45, 7) is 4.14. The number of urea groups is 1. The molecule has 1 atom stereocenters. The number of amides is 3. The summed E-state index contributed by atoms with van der Waals surface area (Å²) in [5.41, 5.74) is 0. The molecule has 1 unspecified atom stereocenters. The molecule has 1 aliphatic rings. The maximum absolute atomic E-state index is 11.6. The third kappa shape index (κ3) is 8.16. The van der Waals surface area contributed by atoms with Gasteiger partial charge in [0, 0.05) is 19.0 Å². The minimum atomic E-state index is -1.04. The van der Waals surface area contributed by atoms with E-state index < -0.39 is 18.0 Å². The van der Waals surface area contributed by atoms with Crippen LogP contribution in [0.3, 0.4) is 0 Å². The van der Waals surface area contributed by atoms with E-state index in [4.69, 9.17) is 5.11 Å². The molecule has 0 aromatic rings. The van der Waals surface area contributed by atoms with Crippen LogP contribution in [0, 0.1) is 5.92 Å². The van der Waals surface area contributed by atoms with Gasteiger partial charge in [-0.2, -0.15) is 0 Å². The second-order valence-corrected chi connectivity index (χ2v) is 5.87. The molecule has 4 N–H and O–H groups in total. The summed E-state index contributed by atoms with van der Waals surface area (Å²) < 4.78 is 0. The molecule has 7 nitrogen and oxygen atoms in total. The number of carboxylic acids is 1. The molecule has 0 bridgehead atoms. The Balaban J connectivity index is 2.13. The lowest BCUT2D eigenvalue weighted by Crippen LogP contribution is -2.46. The first-order valence-electron chi connectivity index (χ1n) is 7.45. The number of hydrogen-bond donors (Lipinski definition) is 4. The highest BCUT2D eigenvalue weighted by Gasteiger charge is 2.23. The lowest BCUT2D eigenvalue weighted by Gasteiger charge is -2.16. The Hall–Kier alpha value is -1.79. The fourth-order valence-corrected chi connectivity index (χ4v) is 1.88. The SMILES string of the molecule is CC(C)CC(NC(=O)NCCCC(=O)NC1CC1)C(=O)O. The zero-order valence-corrected chi connectivity index (χ0v) is 12.6. The van der Waals surface area contributed by atoms with E-state index in [1.807, 2.05) is 13.8 Å². The molecule has 7 heteroatoms. The van der Waals surface area contributed by atoms with Gasteiger partial charge in [-0.05, 0) is 31.6 Å². The average molecular weight is 299 g/mol. The first kappa shape index (κ1) is 17.3. The van der Waals surface area contributed by atoms with Gasteiger partial charge in [0.1, 0.15) is 6.04 Å². The molecule has 0 spiro atoms. The van der Waals surface area contributed by atoms with Crippen LogP contribution in [0.5, 0.6) is 0 Å². The first-order valence-corrected chi connectivity index (χ1v) is 7.45. The third-order valence-electron chi connectivity index (χ3n) is 3.12. The molecule has 21 heavy (non-hydrogen) atoms. The van der Waals surface area contributed by atoms with Crippen molar-refractivity contribution in [2.75, 3.05) is 6.54 Å². The third-order valence-corrected chi connectivity index (χ3v) is 3.12. The quantitative estimate of drug-likeness (QED) is 0.473. The average Bonchev–Trinajstić information content (AvgIpc) is 3.17. The number of carbonyl (C=O) groups is 3. The van der Waals surface area contributed by atoms with Gasteiger partial charge in [0.25, 0.3) is 0 Å². The van der Waals surface area contributed by atoms with E-state index in [1.54, 1.807) is 0 Å². The number of carbonyl (C=O) groups excluding carboxylic acids is 2. The maximum atomic E-state index is 11.6. The largest absolute Gasteiger partial charge is 0.480 e. The van der Waals surface area contributed by atoms with Gasteiger partial charge < -0.3 is 21.1 Å². The smallest absolute Gasteiger partial charge is 0.326 e. The second-order valence-electron chi connectivity index (χ2n) is 5.87. The number of rotatable bonds is 9. The molecule has 0 saturated heterocycles. The van der Waals surface area contributed by atoms with Crippen molar-refractivity contribution in [3.63, 3.8) is 0 Å². The summed E-state index contributed by atoms with van der Waals surface area (Å²) in [4.78, 5) is 34.0. The van der Waals surface area contributed by atoms with E-state index in [1.165, 1.54) is 0 Å². The van der Waals surface area contributed by atoms with Gasteiger partial charge in [0.15, 0.2) is 0 Å². The highest BCUT2D eigenvalue weighted by Crippen LogP contribution is 2.18. The number of aliphatic carboxylic acids is 1. The van der Waals surface area contributed by atoms with Crippen LogP contribution in [0.2, 0.25) is 0 Å². The normalized spacial score (nSPS) is 15.4. The summed E-state index contributed by atoms with van der Waals surface area (Å²) in [7, 11) is 0. The molecule has 0 aromatic carbocycles. The predicted molar refractivity (Wildman–Crippen MR) is 77.8 cm³/mol. The molecular weight excluding hydrogens is 274 g/mol. The summed E-state index contributed by atoms with van der Waals surface area (Å²) >= 11 is 0. The van der Waals surface area contributed by atoms with Gasteiger partial charge in [0.05, 0.1) is 0 Å². The minimum absolute atomic E-state index is 0.00271. The van der Waals surface area contributed by atoms with Crippen LogP contribution in [0.25, 0.3) is 0 Å². The Morgan fingerprint density at radius 1 is 1.24 bits per heavy atom. The molecule has 3 amide bonds. The molecule has 1 aliphatic carbocycles. The number of carboxylic acid groups (broad SMARTS) is 1. The van der Waals surface area contributed by atoms with Gasteiger partial charge in [-0.25, -0.2) is 9.59 Å². The van der Waals surface area contributed by atoms with Crippen LogP contribution >= 0.6 is 0 Å². The highest BCUT2D eigenvalue weighted by atomic mass is 16.4. The summed E-state index contributed by atoms with van der Waals surface area (Å²) in [5, 5.41) is 16.9. The maximum Gasteiger partial charge on any atom is 0.326 e. The zero-order chi connectivity index (χ0) is 15.8. The van der Waals surface area contributed by atoms with Crippen LogP contribution in [-0.4, -0.2) is 41.6 Å². The molecule has 120 valence electrons. The Bertz CT molecular complexity index is 380. The van der Waals surface area contributed by atoms with Crippen LogP contribution in [0.4, 0.5) is 4.79 Å². The van der Waals surface area contributed by atoms with Gasteiger partial charge in [0.2, 0.25) is 5.91 Å². The molecule has 0 aliphatic heterocycles. The Morgan fingerprint density at radius 3 is 2.43 bits per heavy atom. The van der Waals surface area contributed by atoms with Gasteiger partial charge >= 0.3 is 12.0 Å². The molecule has 1 rings (SSSR count). The molecular formula is C14H25N3O4. The van der Waals surface area contributed by atoms with Crippen LogP contribution in [0.1, 0.15) is 46.0 Å². The molecule has 0 heterocycles. The Labute approximate surface area is 124 Å². The first-order chi connectivity index (χ1) is 9.88. The predicted octanol–water partition coefficient (Wildman–Crippen LogP) is 0.844. The van der Waals surface area contributed by atoms with E-state index in [9.17, 15) is 14.4 Å². The van der Waals surface area contributed by atoms with E-state index in [2.05, 4.69) is 16.0 Å². The summed E-state index contributed by atoms with van der Waals surface area (Å²) in [5.74, 6) is -0.858. The Morgan fingerprint density at radius 2 is 1.90 bits per heavy atom. The van der Waals surface area contributed by atoms with Gasteiger partial charge in [-0.15, -0.1) is 0 Å². The van der Waals surface area contributed by atoms with Crippen LogP contribution < -0.4 is 16.0 Å². The van der Waals surface area contributed by atoms with Crippen molar-refractivity contribution in [1.29, 1.82) is 0 Å².